The first-order chi connectivity index (χ1) is 7.91. The first-order valence-corrected chi connectivity index (χ1v) is 5.17. The van der Waals surface area contributed by atoms with E-state index < -0.39 is 30.3 Å². The predicted octanol–water partition coefficient (Wildman–Crippen LogP) is -1.43. The van der Waals surface area contributed by atoms with Gasteiger partial charge in [-0.25, -0.2) is 0 Å². The highest BCUT2D eigenvalue weighted by Gasteiger charge is 2.26. The van der Waals surface area contributed by atoms with Crippen LogP contribution < -0.4 is 11.1 Å². The molecule has 7 heteroatoms. The molecule has 3 atom stereocenters. The molecule has 96 valence electrons. The van der Waals surface area contributed by atoms with E-state index in [0.29, 0.717) is 6.61 Å². The SMILES string of the molecule is CC1=CCOC1NC(=O)C(O)CC(N)C(=O)O. The van der Waals surface area contributed by atoms with Crippen LogP contribution in [0.3, 0.4) is 0 Å². The zero-order chi connectivity index (χ0) is 13.0. The average Bonchev–Trinajstić information content (AvgIpc) is 2.64. The number of hydrogen-bond acceptors (Lipinski definition) is 5. The molecule has 0 spiro atoms. The molecule has 0 radical (unpaired) electrons. The van der Waals surface area contributed by atoms with Crippen LogP contribution in [0.4, 0.5) is 0 Å². The molecule has 0 aromatic rings. The van der Waals surface area contributed by atoms with Crippen LogP contribution in [0.2, 0.25) is 0 Å². The Balaban J connectivity index is 2.42. The number of ether oxygens (including phenoxy) is 1. The fourth-order valence-corrected chi connectivity index (χ4v) is 1.34. The minimum Gasteiger partial charge on any atom is -0.480 e. The Bertz CT molecular complexity index is 342. The average molecular weight is 244 g/mol. The quantitative estimate of drug-likeness (QED) is 0.440. The smallest absolute Gasteiger partial charge is 0.320 e. The third kappa shape index (κ3) is 3.81. The van der Waals surface area contributed by atoms with Gasteiger partial charge in [-0.1, -0.05) is 6.08 Å². The minimum atomic E-state index is -1.46. The summed E-state index contributed by atoms with van der Waals surface area (Å²) in [7, 11) is 0. The van der Waals surface area contributed by atoms with Crippen LogP contribution in [-0.4, -0.2) is 47.1 Å². The van der Waals surface area contributed by atoms with Gasteiger partial charge >= 0.3 is 5.97 Å². The largest absolute Gasteiger partial charge is 0.480 e. The maximum absolute atomic E-state index is 11.5. The Hall–Kier alpha value is -1.44. The molecule has 17 heavy (non-hydrogen) atoms. The van der Waals surface area contributed by atoms with Crippen molar-refractivity contribution >= 4 is 11.9 Å². The van der Waals surface area contributed by atoms with E-state index >= 15 is 0 Å². The number of carboxylic acids is 1. The van der Waals surface area contributed by atoms with E-state index in [-0.39, 0.29) is 6.42 Å². The number of hydrogen-bond donors (Lipinski definition) is 4. The van der Waals surface area contributed by atoms with Gasteiger partial charge in [0.2, 0.25) is 0 Å². The van der Waals surface area contributed by atoms with E-state index in [0.717, 1.165) is 5.57 Å². The number of carbonyl (C=O) groups excluding carboxylic acids is 1. The van der Waals surface area contributed by atoms with Gasteiger partial charge in [-0.3, -0.25) is 9.59 Å². The van der Waals surface area contributed by atoms with E-state index in [1.54, 1.807) is 13.0 Å². The molecule has 7 nitrogen and oxygen atoms in total. The molecule has 1 heterocycles. The lowest BCUT2D eigenvalue weighted by Gasteiger charge is -2.18. The normalized spacial score (nSPS) is 22.8. The molecule has 1 amide bonds. The van der Waals surface area contributed by atoms with Crippen LogP contribution in [0.15, 0.2) is 11.6 Å². The molecule has 1 aliphatic rings. The fraction of sp³-hybridized carbons (Fsp3) is 0.600. The number of rotatable bonds is 5. The molecule has 0 aromatic heterocycles. The zero-order valence-corrected chi connectivity index (χ0v) is 9.42. The van der Waals surface area contributed by atoms with Crippen LogP contribution in [-0.2, 0) is 14.3 Å². The van der Waals surface area contributed by atoms with Gasteiger partial charge < -0.3 is 26.0 Å². The van der Waals surface area contributed by atoms with Gasteiger partial charge in [0.1, 0.15) is 12.1 Å². The second-order valence-electron chi connectivity index (χ2n) is 3.87. The van der Waals surface area contributed by atoms with Crippen molar-refractivity contribution in [2.45, 2.75) is 31.7 Å². The highest BCUT2D eigenvalue weighted by Crippen LogP contribution is 2.11. The Kier molecular flexibility index (Phi) is 4.62. The molecule has 0 saturated carbocycles. The van der Waals surface area contributed by atoms with Gasteiger partial charge in [0.05, 0.1) is 6.61 Å². The van der Waals surface area contributed by atoms with Crippen molar-refractivity contribution in [1.29, 1.82) is 0 Å². The van der Waals surface area contributed by atoms with Gasteiger partial charge in [0.25, 0.3) is 5.91 Å². The van der Waals surface area contributed by atoms with E-state index in [4.69, 9.17) is 15.6 Å². The van der Waals surface area contributed by atoms with E-state index in [2.05, 4.69) is 5.32 Å². The lowest BCUT2D eigenvalue weighted by molar-refractivity contribution is -0.140. The van der Waals surface area contributed by atoms with Crippen LogP contribution in [0.5, 0.6) is 0 Å². The monoisotopic (exact) mass is 244 g/mol. The third-order valence-corrected chi connectivity index (χ3v) is 2.45. The van der Waals surface area contributed by atoms with Gasteiger partial charge in [0.15, 0.2) is 6.23 Å². The van der Waals surface area contributed by atoms with Gasteiger partial charge in [0, 0.05) is 6.42 Å². The number of aliphatic carboxylic acids is 1. The summed E-state index contributed by atoms with van der Waals surface area (Å²) in [6.07, 6.45) is -0.548. The van der Waals surface area contributed by atoms with Crippen LogP contribution >= 0.6 is 0 Å². The molecule has 1 aliphatic heterocycles. The first kappa shape index (κ1) is 13.6. The zero-order valence-electron chi connectivity index (χ0n) is 9.42. The number of nitrogens with one attached hydrogen (secondary N) is 1. The summed E-state index contributed by atoms with van der Waals surface area (Å²) in [5.74, 6) is -1.95. The molecule has 3 unspecified atom stereocenters. The summed E-state index contributed by atoms with van der Waals surface area (Å²) >= 11 is 0. The molecule has 0 saturated heterocycles. The molecular weight excluding hydrogens is 228 g/mol. The topological polar surface area (TPSA) is 122 Å². The van der Waals surface area contributed by atoms with Gasteiger partial charge in [-0.2, -0.15) is 0 Å². The summed E-state index contributed by atoms with van der Waals surface area (Å²) in [5, 5.41) is 20.4. The maximum atomic E-state index is 11.5. The van der Waals surface area contributed by atoms with Gasteiger partial charge in [-0.05, 0) is 12.5 Å². The number of amides is 1. The van der Waals surface area contributed by atoms with Crippen LogP contribution in [0.25, 0.3) is 0 Å². The first-order valence-electron chi connectivity index (χ1n) is 5.17. The van der Waals surface area contributed by atoms with Gasteiger partial charge in [-0.15, -0.1) is 0 Å². The Morgan fingerprint density at radius 1 is 1.71 bits per heavy atom. The Morgan fingerprint density at radius 2 is 2.35 bits per heavy atom. The van der Waals surface area contributed by atoms with Crippen molar-refractivity contribution in [3.8, 4) is 0 Å². The van der Waals surface area contributed by atoms with Crippen LogP contribution in [0.1, 0.15) is 13.3 Å². The van der Waals surface area contributed by atoms with Crippen molar-refractivity contribution in [2.24, 2.45) is 5.73 Å². The second-order valence-corrected chi connectivity index (χ2v) is 3.87. The molecule has 5 N–H and O–H groups in total. The lowest BCUT2D eigenvalue weighted by Crippen LogP contribution is -2.45. The molecule has 0 aliphatic carbocycles. The molecule has 0 fully saturated rings. The van der Waals surface area contributed by atoms with Crippen LogP contribution in [0, 0.1) is 0 Å². The summed E-state index contributed by atoms with van der Waals surface area (Å²) in [4.78, 5) is 21.9. The summed E-state index contributed by atoms with van der Waals surface area (Å²) in [6.45, 7) is 2.19. The Labute approximate surface area is 98.2 Å². The fourth-order valence-electron chi connectivity index (χ4n) is 1.34. The van der Waals surface area contributed by atoms with E-state index in [9.17, 15) is 14.7 Å². The number of carbonyl (C=O) groups is 2. The summed E-state index contributed by atoms with van der Waals surface area (Å²) in [6, 6.07) is -1.27. The Morgan fingerprint density at radius 3 is 2.82 bits per heavy atom. The molecule has 0 aromatic carbocycles. The lowest BCUT2D eigenvalue weighted by atomic mass is 10.1. The number of aliphatic hydroxyl groups is 1. The third-order valence-electron chi connectivity index (χ3n) is 2.45. The summed E-state index contributed by atoms with van der Waals surface area (Å²) in [5.41, 5.74) is 6.05. The second kappa shape index (κ2) is 5.76. The standard InChI is InChI=1S/C10H16N2O5/c1-5-2-3-17-9(5)12-8(14)7(13)4-6(11)10(15)16/h2,6-7,9,13H,3-4,11H2,1H3,(H,12,14)(H,15,16). The molecule has 1 rings (SSSR count). The number of aliphatic hydroxyl groups excluding tert-OH is 1. The number of nitrogens with two attached hydrogens (primary N) is 1. The van der Waals surface area contributed by atoms with E-state index in [1.807, 2.05) is 0 Å². The summed E-state index contributed by atoms with van der Waals surface area (Å²) < 4.78 is 5.16. The predicted molar refractivity (Wildman–Crippen MR) is 57.9 cm³/mol. The molecule has 0 bridgehead atoms. The highest BCUT2D eigenvalue weighted by molar-refractivity contribution is 5.82. The van der Waals surface area contributed by atoms with Crippen molar-refractivity contribution in [3.05, 3.63) is 11.6 Å². The van der Waals surface area contributed by atoms with Crippen molar-refractivity contribution < 1.29 is 24.5 Å². The van der Waals surface area contributed by atoms with Crippen molar-refractivity contribution in [2.75, 3.05) is 6.61 Å². The maximum Gasteiger partial charge on any atom is 0.320 e. The molecular formula is C10H16N2O5. The van der Waals surface area contributed by atoms with Crippen molar-refractivity contribution in [1.82, 2.24) is 5.32 Å². The minimum absolute atomic E-state index is 0.337. The number of carboxylic acid groups (broad SMARTS) is 1. The van der Waals surface area contributed by atoms with Crippen molar-refractivity contribution in [3.63, 3.8) is 0 Å². The highest BCUT2D eigenvalue weighted by atomic mass is 16.5. The van der Waals surface area contributed by atoms with E-state index in [1.165, 1.54) is 0 Å².